The Labute approximate surface area is 178 Å². The molecule has 4 rings (SSSR count). The largest absolute Gasteiger partial charge is 0.485 e. The van der Waals surface area contributed by atoms with E-state index in [0.717, 1.165) is 34.5 Å². The second kappa shape index (κ2) is 10.2. The molecule has 4 nitrogen and oxygen atoms in total. The first-order valence-corrected chi connectivity index (χ1v) is 10.6. The van der Waals surface area contributed by atoms with Crippen LogP contribution in [-0.2, 0) is 0 Å². The van der Waals surface area contributed by atoms with Crippen LogP contribution in [0.2, 0.25) is 0 Å². The number of rotatable bonds is 4. The molecule has 0 spiro atoms. The smallest absolute Gasteiger partial charge is 0.149 e. The van der Waals surface area contributed by atoms with Gasteiger partial charge in [-0.2, -0.15) is 0 Å². The van der Waals surface area contributed by atoms with Gasteiger partial charge in [0.25, 0.3) is 0 Å². The molecular weight excluding hydrogens is 377 g/mol. The lowest BCUT2D eigenvalue weighted by Gasteiger charge is -2.28. The number of alkyl halides is 1. The Hall–Kier alpha value is -2.92. The molecule has 5 heteroatoms. The zero-order valence-electron chi connectivity index (χ0n) is 17.9. The molecule has 30 heavy (non-hydrogen) atoms. The van der Waals surface area contributed by atoms with Gasteiger partial charge in [-0.3, -0.25) is 0 Å². The summed E-state index contributed by atoms with van der Waals surface area (Å²) in [6.07, 6.45) is 9.14. The number of ether oxygens (including phenoxy) is 1. The van der Waals surface area contributed by atoms with Gasteiger partial charge in [-0.05, 0) is 44.2 Å². The van der Waals surface area contributed by atoms with Crippen LogP contribution in [0.15, 0.2) is 73.1 Å². The molecule has 1 fully saturated rings. The molecule has 1 saturated heterocycles. The van der Waals surface area contributed by atoms with Crippen molar-refractivity contribution < 1.29 is 9.13 Å². The molecule has 2 aliphatic heterocycles. The van der Waals surface area contributed by atoms with Crippen LogP contribution in [0.3, 0.4) is 0 Å². The van der Waals surface area contributed by atoms with Gasteiger partial charge in [0.2, 0.25) is 0 Å². The minimum atomic E-state index is -1.02. The van der Waals surface area contributed by atoms with Gasteiger partial charge in [0.1, 0.15) is 23.5 Å². The molecule has 0 saturated carbocycles. The van der Waals surface area contributed by atoms with E-state index in [1.54, 1.807) is 0 Å². The highest BCUT2D eigenvalue weighted by Crippen LogP contribution is 2.30. The van der Waals surface area contributed by atoms with E-state index < -0.39 is 12.3 Å². The average Bonchev–Trinajstić information content (AvgIpc) is 2.81. The lowest BCUT2D eigenvalue weighted by atomic mass is 10.1. The van der Waals surface area contributed by atoms with E-state index in [2.05, 4.69) is 11.9 Å². The van der Waals surface area contributed by atoms with Crippen molar-refractivity contribution in [1.29, 1.82) is 0 Å². The first-order chi connectivity index (χ1) is 14.7. The van der Waals surface area contributed by atoms with E-state index in [4.69, 9.17) is 9.72 Å². The molecule has 2 aromatic rings. The van der Waals surface area contributed by atoms with E-state index in [1.807, 2.05) is 86.5 Å². The minimum Gasteiger partial charge on any atom is -0.485 e. The van der Waals surface area contributed by atoms with Crippen molar-refractivity contribution in [1.82, 2.24) is 15.2 Å². The molecule has 2 aliphatic rings. The van der Waals surface area contributed by atoms with E-state index in [1.165, 1.54) is 0 Å². The first kappa shape index (κ1) is 21.8. The Kier molecular flexibility index (Phi) is 7.41. The maximum absolute atomic E-state index is 14.2. The number of aromatic nitrogens is 1. The van der Waals surface area contributed by atoms with Crippen molar-refractivity contribution in [2.45, 2.75) is 39.5 Å². The highest BCUT2D eigenvalue weighted by Gasteiger charge is 2.27. The maximum Gasteiger partial charge on any atom is 0.149 e. The van der Waals surface area contributed by atoms with Crippen molar-refractivity contribution >= 4 is 16.6 Å². The third kappa shape index (κ3) is 4.62. The van der Waals surface area contributed by atoms with E-state index in [9.17, 15) is 4.39 Å². The summed E-state index contributed by atoms with van der Waals surface area (Å²) in [4.78, 5) is 6.82. The topological polar surface area (TPSA) is 37.4 Å². The summed E-state index contributed by atoms with van der Waals surface area (Å²) in [7, 11) is 0. The summed E-state index contributed by atoms with van der Waals surface area (Å²) in [5.74, 6) is 0.613. The zero-order chi connectivity index (χ0) is 21.5. The molecule has 1 N–H and O–H groups in total. The molecule has 2 unspecified atom stereocenters. The van der Waals surface area contributed by atoms with Crippen LogP contribution >= 0.6 is 0 Å². The van der Waals surface area contributed by atoms with Crippen molar-refractivity contribution in [3.8, 4) is 5.75 Å². The minimum absolute atomic E-state index is 0.325. The van der Waals surface area contributed by atoms with E-state index in [-0.39, 0.29) is 0 Å². The summed E-state index contributed by atoms with van der Waals surface area (Å²) < 4.78 is 20.3. The zero-order valence-corrected chi connectivity index (χ0v) is 17.9. The number of halogens is 1. The van der Waals surface area contributed by atoms with Gasteiger partial charge in [-0.15, -0.1) is 0 Å². The monoisotopic (exact) mass is 407 g/mol. The number of fused-ring (bicyclic) bond motifs is 1. The number of benzene rings is 1. The second-order valence-electron chi connectivity index (χ2n) is 6.92. The van der Waals surface area contributed by atoms with Gasteiger partial charge in [-0.1, -0.05) is 50.8 Å². The Morgan fingerprint density at radius 2 is 2.10 bits per heavy atom. The molecule has 0 radical (unpaired) electrons. The number of allylic oxidation sites excluding steroid dienone is 4. The van der Waals surface area contributed by atoms with Crippen LogP contribution in [-0.4, -0.2) is 35.2 Å². The molecule has 1 aromatic heterocycles. The summed E-state index contributed by atoms with van der Waals surface area (Å²) in [5, 5.41) is 4.01. The third-order valence-corrected chi connectivity index (χ3v) is 5.08. The predicted octanol–water partition coefficient (Wildman–Crippen LogP) is 5.60. The van der Waals surface area contributed by atoms with Crippen LogP contribution in [0.1, 0.15) is 32.9 Å². The van der Waals surface area contributed by atoms with Crippen LogP contribution < -0.4 is 10.1 Å². The molecule has 3 heterocycles. The number of nitrogens with one attached hydrogen (secondary N) is 1. The second-order valence-corrected chi connectivity index (χ2v) is 6.92. The van der Waals surface area contributed by atoms with Crippen LogP contribution in [0.25, 0.3) is 16.6 Å². The Morgan fingerprint density at radius 1 is 1.27 bits per heavy atom. The fourth-order valence-corrected chi connectivity index (χ4v) is 3.53. The normalized spacial score (nSPS) is 22.0. The standard InChI is InChI=1S/C23H24FN3O.C2H6/c1-3-18-8-4-5-14-27(18)16(2)20-11-10-17-7-6-9-22(23(17)26-20)28-21-12-13-25-15-19(21)24;1-2/h3-11,14,19,21,25H,2,12-13,15H2,1H3;1-2H3/b18-3-;. The van der Waals surface area contributed by atoms with Crippen molar-refractivity contribution in [2.75, 3.05) is 13.1 Å². The number of hydrogen-bond donors (Lipinski definition) is 1. The number of hydrogen-bond acceptors (Lipinski definition) is 4. The predicted molar refractivity (Wildman–Crippen MR) is 123 cm³/mol. The summed E-state index contributed by atoms with van der Waals surface area (Å²) in [6.45, 7) is 11.3. The van der Waals surface area contributed by atoms with Crippen molar-refractivity contribution in [2.24, 2.45) is 0 Å². The van der Waals surface area contributed by atoms with Gasteiger partial charge in [0, 0.05) is 23.8 Å². The number of piperidine rings is 1. The number of nitrogens with zero attached hydrogens (tertiary/aromatic N) is 2. The van der Waals surface area contributed by atoms with Crippen LogP contribution in [0.5, 0.6) is 5.75 Å². The number of pyridine rings is 1. The number of para-hydroxylation sites is 1. The van der Waals surface area contributed by atoms with Gasteiger partial charge in [0.15, 0.2) is 0 Å². The Balaban J connectivity index is 0.00000124. The van der Waals surface area contributed by atoms with Crippen molar-refractivity contribution in [3.63, 3.8) is 0 Å². The molecule has 0 amide bonds. The van der Waals surface area contributed by atoms with E-state index >= 15 is 0 Å². The van der Waals surface area contributed by atoms with Crippen LogP contribution in [0, 0.1) is 0 Å². The van der Waals surface area contributed by atoms with Gasteiger partial charge in [0.05, 0.1) is 11.4 Å². The molecule has 0 bridgehead atoms. The summed E-state index contributed by atoms with van der Waals surface area (Å²) in [6, 6.07) is 9.72. The molecule has 2 atom stereocenters. The van der Waals surface area contributed by atoms with Gasteiger partial charge in [-0.25, -0.2) is 9.37 Å². The lowest BCUT2D eigenvalue weighted by molar-refractivity contribution is 0.0742. The lowest BCUT2D eigenvalue weighted by Crippen LogP contribution is -2.44. The SMILES string of the molecule is C=C(c1ccc2cccc(OC3CCNCC3F)c2n1)N1C=CC=C/C1=C/C.CC. The highest BCUT2D eigenvalue weighted by molar-refractivity contribution is 5.86. The van der Waals surface area contributed by atoms with Crippen molar-refractivity contribution in [3.05, 3.63) is 78.8 Å². The quantitative estimate of drug-likeness (QED) is 0.716. The molecule has 1 aromatic carbocycles. The van der Waals surface area contributed by atoms with Gasteiger partial charge < -0.3 is 15.0 Å². The summed E-state index contributed by atoms with van der Waals surface area (Å²) in [5.41, 5.74) is 3.29. The molecule has 158 valence electrons. The fourth-order valence-electron chi connectivity index (χ4n) is 3.53. The average molecular weight is 408 g/mol. The summed E-state index contributed by atoms with van der Waals surface area (Å²) >= 11 is 0. The first-order valence-electron chi connectivity index (χ1n) is 10.6. The fraction of sp³-hybridized carbons (Fsp3) is 0.320. The maximum atomic E-state index is 14.2. The highest BCUT2D eigenvalue weighted by atomic mass is 19.1. The third-order valence-electron chi connectivity index (χ3n) is 5.08. The van der Waals surface area contributed by atoms with Crippen LogP contribution in [0.4, 0.5) is 4.39 Å². The molecular formula is C25H30FN3O. The molecule has 0 aliphatic carbocycles. The Morgan fingerprint density at radius 3 is 2.87 bits per heavy atom. The van der Waals surface area contributed by atoms with E-state index in [0.29, 0.717) is 18.7 Å². The Bertz CT molecular complexity index is 980. The van der Waals surface area contributed by atoms with Gasteiger partial charge >= 0.3 is 0 Å².